The first-order valence-electron chi connectivity index (χ1n) is 10.6. The molecule has 0 bridgehead atoms. The number of hydrogen-bond donors (Lipinski definition) is 1. The first-order valence-corrected chi connectivity index (χ1v) is 10.6. The molecule has 0 saturated carbocycles. The summed E-state index contributed by atoms with van der Waals surface area (Å²) in [5, 5.41) is 3.08. The number of benzene rings is 2. The van der Waals surface area contributed by atoms with Crippen LogP contribution in [0.5, 0.6) is 0 Å². The molecule has 1 N–H and O–H groups in total. The number of rotatable bonds is 0. The summed E-state index contributed by atoms with van der Waals surface area (Å²) in [6, 6.07) is 15.8. The van der Waals surface area contributed by atoms with Crippen LogP contribution < -0.4 is 5.32 Å². The van der Waals surface area contributed by atoms with E-state index in [2.05, 4.69) is 23.5 Å². The Morgan fingerprint density at radius 3 is 2.53 bits per heavy atom. The maximum atomic E-state index is 13.2. The highest BCUT2D eigenvalue weighted by atomic mass is 16.5. The number of carbonyl (C=O) groups is 2. The van der Waals surface area contributed by atoms with E-state index in [1.807, 2.05) is 54.3 Å². The van der Waals surface area contributed by atoms with Gasteiger partial charge in [-0.25, -0.2) is 0 Å². The summed E-state index contributed by atoms with van der Waals surface area (Å²) in [5.74, 6) is -0.118. The zero-order chi connectivity index (χ0) is 20.9. The molecular weight excluding hydrogens is 376 g/mol. The highest BCUT2D eigenvalue weighted by molar-refractivity contribution is 5.95. The molecule has 2 aromatic carbocycles. The summed E-state index contributed by atoms with van der Waals surface area (Å²) in [7, 11) is 0. The van der Waals surface area contributed by atoms with Crippen molar-refractivity contribution in [1.82, 2.24) is 10.2 Å². The van der Waals surface area contributed by atoms with Crippen LogP contribution in [0.1, 0.15) is 40.4 Å². The molecule has 2 aromatic rings. The standard InChI is InChI=1S/C25H28N2O3/c1-18-25(29)27-17-21-12-5-4-11-20(21)15-22(27)16-26-24(28)23-13-7-6-10-19(23)9-3-2-8-14-30-18/h2-7,10-13,18,22H,8-9,14-17H2,1H3,(H,26,28)/b3-2-. The molecule has 156 valence electrons. The number of nitrogens with one attached hydrogen (secondary N) is 1. The Morgan fingerprint density at radius 1 is 0.967 bits per heavy atom. The van der Waals surface area contributed by atoms with Gasteiger partial charge < -0.3 is 15.0 Å². The lowest BCUT2D eigenvalue weighted by molar-refractivity contribution is -0.146. The quantitative estimate of drug-likeness (QED) is 0.686. The molecule has 2 aliphatic heterocycles. The van der Waals surface area contributed by atoms with Crippen LogP contribution in [0, 0.1) is 0 Å². The first kappa shape index (κ1) is 20.4. The third kappa shape index (κ3) is 4.46. The van der Waals surface area contributed by atoms with Crippen molar-refractivity contribution in [3.05, 3.63) is 82.9 Å². The van der Waals surface area contributed by atoms with Gasteiger partial charge in [-0.05, 0) is 48.9 Å². The molecule has 0 aliphatic carbocycles. The van der Waals surface area contributed by atoms with E-state index in [1.165, 1.54) is 5.56 Å². The van der Waals surface area contributed by atoms with E-state index in [1.54, 1.807) is 0 Å². The van der Waals surface area contributed by atoms with E-state index >= 15 is 0 Å². The lowest BCUT2D eigenvalue weighted by atomic mass is 9.93. The van der Waals surface area contributed by atoms with Crippen LogP contribution in [0.4, 0.5) is 0 Å². The van der Waals surface area contributed by atoms with E-state index in [-0.39, 0.29) is 17.9 Å². The molecule has 5 heteroatoms. The highest BCUT2D eigenvalue weighted by Crippen LogP contribution is 2.24. The SMILES string of the molecule is CC1OCC/C=C\Cc2ccccc2C(=O)NCC2Cc3ccccc3CN2C1=O. The van der Waals surface area contributed by atoms with Gasteiger partial charge in [0.15, 0.2) is 0 Å². The normalized spacial score (nSPS) is 23.8. The lowest BCUT2D eigenvalue weighted by Gasteiger charge is -2.38. The molecule has 0 spiro atoms. The summed E-state index contributed by atoms with van der Waals surface area (Å²) in [4.78, 5) is 28.0. The average Bonchev–Trinajstić information content (AvgIpc) is 2.78. The summed E-state index contributed by atoms with van der Waals surface area (Å²) in [5.41, 5.74) is 4.08. The van der Waals surface area contributed by atoms with Crippen LogP contribution in [0.3, 0.4) is 0 Å². The van der Waals surface area contributed by atoms with Crippen molar-refractivity contribution in [3.8, 4) is 0 Å². The third-order valence-corrected chi connectivity index (χ3v) is 5.90. The molecule has 2 aliphatic rings. The summed E-state index contributed by atoms with van der Waals surface area (Å²) in [6.45, 7) is 3.27. The Labute approximate surface area is 177 Å². The van der Waals surface area contributed by atoms with Gasteiger partial charge in [0.05, 0.1) is 12.6 Å². The van der Waals surface area contributed by atoms with E-state index in [0.29, 0.717) is 31.7 Å². The Hall–Kier alpha value is -2.92. The van der Waals surface area contributed by atoms with Gasteiger partial charge in [0, 0.05) is 18.7 Å². The van der Waals surface area contributed by atoms with Crippen LogP contribution >= 0.6 is 0 Å². The molecule has 2 atom stereocenters. The van der Waals surface area contributed by atoms with Crippen molar-refractivity contribution < 1.29 is 14.3 Å². The van der Waals surface area contributed by atoms with E-state index in [9.17, 15) is 9.59 Å². The monoisotopic (exact) mass is 404 g/mol. The van der Waals surface area contributed by atoms with Crippen molar-refractivity contribution in [2.45, 2.75) is 44.9 Å². The van der Waals surface area contributed by atoms with E-state index in [4.69, 9.17) is 4.74 Å². The van der Waals surface area contributed by atoms with Crippen LogP contribution in [0.2, 0.25) is 0 Å². The molecule has 0 saturated heterocycles. The van der Waals surface area contributed by atoms with Gasteiger partial charge >= 0.3 is 0 Å². The van der Waals surface area contributed by atoms with Gasteiger partial charge in [-0.15, -0.1) is 0 Å². The highest BCUT2D eigenvalue weighted by Gasteiger charge is 2.32. The molecule has 2 unspecified atom stereocenters. The fourth-order valence-electron chi connectivity index (χ4n) is 4.20. The molecular formula is C25H28N2O3. The second-order valence-electron chi connectivity index (χ2n) is 7.94. The fraction of sp³-hybridized carbons (Fsp3) is 0.360. The smallest absolute Gasteiger partial charge is 0.252 e. The molecule has 4 rings (SSSR count). The molecule has 0 radical (unpaired) electrons. The van der Waals surface area contributed by atoms with Crippen molar-refractivity contribution in [2.24, 2.45) is 0 Å². The van der Waals surface area contributed by atoms with Gasteiger partial charge in [-0.3, -0.25) is 9.59 Å². The minimum absolute atomic E-state index is 0.0250. The fourth-order valence-corrected chi connectivity index (χ4v) is 4.20. The topological polar surface area (TPSA) is 58.6 Å². The number of carbonyl (C=O) groups excluding carboxylic acids is 2. The Bertz CT molecular complexity index is 953. The van der Waals surface area contributed by atoms with Crippen LogP contribution in [0.25, 0.3) is 0 Å². The van der Waals surface area contributed by atoms with Gasteiger partial charge in [0.2, 0.25) is 0 Å². The molecule has 2 heterocycles. The molecule has 0 aromatic heterocycles. The number of amides is 2. The second kappa shape index (κ2) is 9.26. The van der Waals surface area contributed by atoms with Crippen LogP contribution in [-0.2, 0) is 28.9 Å². The number of nitrogens with zero attached hydrogens (tertiary/aromatic N) is 1. The predicted octanol–water partition coefficient (Wildman–Crippen LogP) is 3.28. The Morgan fingerprint density at radius 2 is 1.70 bits per heavy atom. The summed E-state index contributed by atoms with van der Waals surface area (Å²) >= 11 is 0. The molecule has 30 heavy (non-hydrogen) atoms. The Balaban J connectivity index is 1.62. The maximum absolute atomic E-state index is 13.2. The van der Waals surface area contributed by atoms with Crippen LogP contribution in [-0.4, -0.2) is 42.0 Å². The van der Waals surface area contributed by atoms with Crippen molar-refractivity contribution in [1.29, 1.82) is 0 Å². The first-order chi connectivity index (χ1) is 14.6. The Kier molecular flexibility index (Phi) is 6.29. The predicted molar refractivity (Wildman–Crippen MR) is 116 cm³/mol. The summed E-state index contributed by atoms with van der Waals surface area (Å²) in [6.07, 6.45) is 5.74. The van der Waals surface area contributed by atoms with Gasteiger partial charge in [0.1, 0.15) is 6.10 Å². The number of fused-ring (bicyclic) bond motifs is 3. The van der Waals surface area contributed by atoms with Crippen molar-refractivity contribution in [2.75, 3.05) is 13.2 Å². The minimum atomic E-state index is -0.510. The zero-order valence-electron chi connectivity index (χ0n) is 17.3. The van der Waals surface area contributed by atoms with Gasteiger partial charge in [-0.1, -0.05) is 54.6 Å². The minimum Gasteiger partial charge on any atom is -0.368 e. The molecule has 2 amide bonds. The van der Waals surface area contributed by atoms with Crippen LogP contribution in [0.15, 0.2) is 60.7 Å². The zero-order valence-corrected chi connectivity index (χ0v) is 17.3. The number of ether oxygens (including phenoxy) is 1. The average molecular weight is 405 g/mol. The number of allylic oxidation sites excluding steroid dienone is 1. The van der Waals surface area contributed by atoms with Gasteiger partial charge in [-0.2, -0.15) is 0 Å². The lowest BCUT2D eigenvalue weighted by Crippen LogP contribution is -2.52. The second-order valence-corrected chi connectivity index (χ2v) is 7.94. The number of hydrogen-bond acceptors (Lipinski definition) is 3. The summed E-state index contributed by atoms with van der Waals surface area (Å²) < 4.78 is 5.83. The van der Waals surface area contributed by atoms with Crippen molar-refractivity contribution >= 4 is 11.8 Å². The van der Waals surface area contributed by atoms with E-state index in [0.717, 1.165) is 24.0 Å². The van der Waals surface area contributed by atoms with Gasteiger partial charge in [0.25, 0.3) is 11.8 Å². The maximum Gasteiger partial charge on any atom is 0.252 e. The van der Waals surface area contributed by atoms with Crippen molar-refractivity contribution in [3.63, 3.8) is 0 Å². The van der Waals surface area contributed by atoms with E-state index < -0.39 is 6.10 Å². The largest absolute Gasteiger partial charge is 0.368 e. The molecule has 5 nitrogen and oxygen atoms in total. The molecule has 0 fully saturated rings. The third-order valence-electron chi connectivity index (χ3n) is 5.90.